The number of nitrogens with two attached hydrogens (primary N) is 1. The molecule has 35 heteroatoms. The molecule has 3 heterocycles. The number of hydrogen-bond acceptors (Lipinski definition) is 23. The number of aromatic amines is 2. The number of hydrogen-bond donors (Lipinski definition) is 13. The molecule has 0 saturated carbocycles. The van der Waals surface area contributed by atoms with E-state index in [1.165, 1.54) is 55.5 Å². The van der Waals surface area contributed by atoms with Gasteiger partial charge >= 0.3 is 11.9 Å². The second-order valence-corrected chi connectivity index (χ2v) is 27.3. The van der Waals surface area contributed by atoms with Crippen LogP contribution in [-0.2, 0) is 113 Å². The van der Waals surface area contributed by atoms with E-state index < -0.39 is 152 Å². The van der Waals surface area contributed by atoms with Crippen LogP contribution in [0, 0.1) is 5.92 Å². The molecule has 570 valence electrons. The number of fused-ring (bicyclic) bond motifs is 3. The summed E-state index contributed by atoms with van der Waals surface area (Å²) < 4.78 is 6.21. The number of benzene rings is 3. The zero-order valence-electron chi connectivity index (χ0n) is 59.4. The Bertz CT molecular complexity index is 3750. The van der Waals surface area contributed by atoms with Crippen LogP contribution in [0.3, 0.4) is 0 Å². The van der Waals surface area contributed by atoms with E-state index in [1.807, 2.05) is 32.0 Å². The number of nitrogens with one attached hydrogen (secondary N) is 11. The molecular weight excluding hydrogens is 1400 g/mol. The van der Waals surface area contributed by atoms with Crippen molar-refractivity contribution in [1.29, 1.82) is 0 Å². The van der Waals surface area contributed by atoms with E-state index >= 15 is 9.59 Å². The van der Waals surface area contributed by atoms with E-state index in [-0.39, 0.29) is 49.7 Å². The van der Waals surface area contributed by atoms with Crippen molar-refractivity contribution in [2.24, 2.45) is 16.8 Å². The Morgan fingerprint density at radius 3 is 1.92 bits per heavy atom. The average molecular weight is 1500 g/mol. The largest absolute Gasteiger partial charge is 0.508 e. The second-order valence-electron chi connectivity index (χ2n) is 25.0. The van der Waals surface area contributed by atoms with Gasteiger partial charge in [0.2, 0.25) is 53.2 Å². The Hall–Kier alpha value is -10.3. The molecule has 0 radical (unpaired) electrons. The number of primary amides is 1. The topological polar surface area (TPSA) is 472 Å². The molecule has 0 fully saturated rings. The molecule has 2 bridgehead atoms. The lowest BCUT2D eigenvalue weighted by Gasteiger charge is -2.27. The molecule has 0 saturated heterocycles. The van der Waals surface area contributed by atoms with Gasteiger partial charge in [-0.05, 0) is 116 Å². The van der Waals surface area contributed by atoms with Crippen LogP contribution in [0.5, 0.6) is 11.5 Å². The minimum absolute atomic E-state index is 0.0359. The number of phenols is 1. The third-order valence-corrected chi connectivity index (χ3v) is 18.2. The fourth-order valence-corrected chi connectivity index (χ4v) is 12.4. The van der Waals surface area contributed by atoms with Crippen molar-refractivity contribution < 1.29 is 91.8 Å². The first-order valence-corrected chi connectivity index (χ1v) is 36.6. The van der Waals surface area contributed by atoms with Crippen LogP contribution in [0.4, 0.5) is 0 Å². The maximum Gasteiger partial charge on any atom is 0.342 e. The number of carbonyl (C=O) groups excluding carboxylic acids is 12. The Morgan fingerprint density at radius 2 is 1.30 bits per heavy atom. The number of nitrogens with zero attached hydrogens (tertiary/aromatic N) is 2. The van der Waals surface area contributed by atoms with Gasteiger partial charge in [0.05, 0.1) is 46.5 Å². The Balaban J connectivity index is 1.35. The van der Waals surface area contributed by atoms with Crippen molar-refractivity contribution in [2.45, 2.75) is 165 Å². The summed E-state index contributed by atoms with van der Waals surface area (Å²) >= 11 is 3.05. The smallest absolute Gasteiger partial charge is 0.342 e. The molecule has 0 aliphatic carbocycles. The van der Waals surface area contributed by atoms with Crippen LogP contribution in [0.25, 0.3) is 10.9 Å². The van der Waals surface area contributed by atoms with Crippen molar-refractivity contribution in [2.75, 3.05) is 45.5 Å². The minimum atomic E-state index is -1.74. The van der Waals surface area contributed by atoms with Crippen LogP contribution in [0.1, 0.15) is 113 Å². The standard InChI is InChI=1S/C70H94N14O19S2/c1-7-104-37-44-27-45-29-49(28-44)100-24-12-8-9-13-25-101-76-36-60(87)78-54(26-41(2)3)65(92)74-35-59(86)79-55(30-43-16-18-48(85)19-17-43)69(96)80-52(20-22-61(88)102-98-5)66(93)82-56(31-46-33-73-51-15-11-10-14-50(46)51)70(97)81-53(21-23-62(89)103-99-6)67(94)83-57(32-47-34-72-40-75-47)68(95)77-42(4)64(91)84-58(63(71)90)39-105-38-45/h10-11,14-19,27-29,33-34,36,40-42,52-58,73,85H,7-9,12-13,20-26,30-32,35,37-39H2,1-6H3,(H2,71,90)(H,72,75)(H,74,92)(H,77,95)(H,78,87)(H,79,86)(H,80,96)(H,81,97)(H,82,93)(H,83,94)(H,84,91)/b76-36+/t42-,52-,53+,54-,55-,56-,57-,58-/m0/s1. The van der Waals surface area contributed by atoms with Gasteiger partial charge in [-0.2, -0.15) is 33.3 Å². The molecule has 1 aliphatic heterocycles. The number of amides is 10. The van der Waals surface area contributed by atoms with E-state index in [2.05, 4.69) is 94.4 Å². The molecule has 2 aromatic heterocycles. The molecule has 8 atom stereocenters. The lowest BCUT2D eigenvalue weighted by atomic mass is 10.0. The zero-order valence-corrected chi connectivity index (χ0v) is 61.0. The van der Waals surface area contributed by atoms with Crippen molar-refractivity contribution >= 4 is 112 Å². The predicted octanol–water partition coefficient (Wildman–Crippen LogP) is 2.08. The third-order valence-electron chi connectivity index (χ3n) is 16.1. The first-order chi connectivity index (χ1) is 50.4. The number of aromatic hydroxyl groups is 1. The van der Waals surface area contributed by atoms with Gasteiger partial charge in [-0.3, -0.25) is 57.7 Å². The number of phenolic OH excluding ortho intramolecular Hbond substituents is 1. The van der Waals surface area contributed by atoms with Crippen LogP contribution in [-0.4, -0.2) is 191 Å². The van der Waals surface area contributed by atoms with E-state index in [0.717, 1.165) is 50.2 Å². The summed E-state index contributed by atoms with van der Waals surface area (Å²) in [4.78, 5) is 201. The van der Waals surface area contributed by atoms with Gasteiger partial charge in [-0.1, -0.05) is 62.3 Å². The van der Waals surface area contributed by atoms with Crippen LogP contribution in [0.15, 0.2) is 90.6 Å². The summed E-state index contributed by atoms with van der Waals surface area (Å²) in [5.74, 6) is -8.79. The van der Waals surface area contributed by atoms with Gasteiger partial charge < -0.3 is 78.2 Å². The molecule has 0 spiro atoms. The zero-order chi connectivity index (χ0) is 76.2. The highest BCUT2D eigenvalue weighted by molar-refractivity contribution is 7.98. The summed E-state index contributed by atoms with van der Waals surface area (Å²) in [5.41, 5.74) is 9.55. The van der Waals surface area contributed by atoms with Crippen molar-refractivity contribution in [3.05, 3.63) is 113 Å². The number of aromatic nitrogens is 3. The SMILES string of the molecule is CCSCc1cc2cc(c1)OCCCCCCO/N=C/C(=O)N[C@@H](CC(C)C)C(=O)NCC(=O)N[C@@H](Cc1ccc(O)cc1)C(=O)N[C@@H](CCC(=O)OOC)C(=O)N[C@@H](Cc1c[nH]c3ccccc13)C(=O)N[C@H](CCC(=O)OOC)C(=O)N[C@@H](Cc1cnc[nH]1)C(=O)N[C@@H](C)C(=O)N[C@H](C(N)=O)CSC2. The molecule has 0 unspecified atom stereocenters. The van der Waals surface area contributed by atoms with Crippen molar-refractivity contribution in [3.8, 4) is 11.5 Å². The van der Waals surface area contributed by atoms with Gasteiger partial charge in [-0.15, -0.1) is 0 Å². The molecule has 33 nitrogen and oxygen atoms in total. The van der Waals surface area contributed by atoms with Crippen LogP contribution >= 0.6 is 23.5 Å². The molecule has 3 aromatic carbocycles. The third kappa shape index (κ3) is 29.8. The van der Waals surface area contributed by atoms with Crippen LogP contribution in [0.2, 0.25) is 0 Å². The maximum absolute atomic E-state index is 15.1. The molecule has 10 amide bonds. The van der Waals surface area contributed by atoms with Crippen molar-refractivity contribution in [3.63, 3.8) is 0 Å². The fourth-order valence-electron chi connectivity index (χ4n) is 10.8. The quantitative estimate of drug-likeness (QED) is 0.0392. The Labute approximate surface area is 615 Å². The number of para-hydroxylation sites is 1. The van der Waals surface area contributed by atoms with Gasteiger partial charge in [0.15, 0.2) is 0 Å². The molecule has 5 aromatic rings. The summed E-state index contributed by atoms with van der Waals surface area (Å²) in [6, 6.07) is 6.47. The van der Waals surface area contributed by atoms with Gasteiger partial charge in [-0.25, -0.2) is 14.6 Å². The van der Waals surface area contributed by atoms with Crippen LogP contribution < -0.4 is 58.3 Å². The second kappa shape index (κ2) is 44.4. The highest BCUT2D eigenvalue weighted by Crippen LogP contribution is 2.26. The summed E-state index contributed by atoms with van der Waals surface area (Å²) in [6.45, 7) is 6.90. The average Bonchev–Trinajstić information content (AvgIpc) is 1.73. The summed E-state index contributed by atoms with van der Waals surface area (Å²) in [5, 5.41) is 37.8. The monoisotopic (exact) mass is 1500 g/mol. The summed E-state index contributed by atoms with van der Waals surface area (Å²) in [7, 11) is 2.12. The number of imidazole rings is 1. The molecule has 105 heavy (non-hydrogen) atoms. The lowest BCUT2D eigenvalue weighted by molar-refractivity contribution is -0.255. The van der Waals surface area contributed by atoms with E-state index in [0.29, 0.717) is 64.4 Å². The summed E-state index contributed by atoms with van der Waals surface area (Å²) in [6.07, 6.45) is 5.02. The van der Waals surface area contributed by atoms with Gasteiger partial charge in [0.25, 0.3) is 5.91 Å². The first-order valence-electron chi connectivity index (χ1n) is 34.2. The van der Waals surface area contributed by atoms with E-state index in [4.69, 9.17) is 15.3 Å². The maximum atomic E-state index is 15.1. The highest BCUT2D eigenvalue weighted by Gasteiger charge is 2.36. The minimum Gasteiger partial charge on any atom is -0.508 e. The lowest BCUT2D eigenvalue weighted by Crippen LogP contribution is -2.60. The number of H-pyrrole nitrogens is 2. The number of oxime groups is 1. The normalized spacial score (nSPS) is 21.6. The molecular formula is C70H94N14O19S2. The number of ether oxygens (including phenoxy) is 1. The predicted molar refractivity (Wildman–Crippen MR) is 386 cm³/mol. The molecule has 1 aliphatic rings. The molecule has 6 rings (SSSR count). The van der Waals surface area contributed by atoms with E-state index in [9.17, 15) is 53.1 Å². The fraction of sp³-hybridized carbons (Fsp3) is 0.486. The van der Waals surface area contributed by atoms with E-state index in [1.54, 1.807) is 42.2 Å². The Kier molecular flexibility index (Phi) is 35.4. The first kappa shape index (κ1) is 83.7. The van der Waals surface area contributed by atoms with Gasteiger partial charge in [0, 0.05) is 65.5 Å². The highest BCUT2D eigenvalue weighted by atomic mass is 32.2. The number of thioether (sulfide) groups is 2. The Morgan fingerprint density at radius 1 is 0.676 bits per heavy atom. The molecule has 14 N–H and O–H groups in total. The number of rotatable bonds is 20. The van der Waals surface area contributed by atoms with Crippen molar-refractivity contribution in [1.82, 2.24) is 62.8 Å². The number of carbonyl (C=O) groups is 12. The van der Waals surface area contributed by atoms with Gasteiger partial charge in [0.1, 0.15) is 72.7 Å².